The molecule has 2 rings (SSSR count). The molecule has 0 aliphatic rings. The number of benzene rings is 2. The molecule has 0 aromatic heterocycles. The van der Waals surface area contributed by atoms with E-state index in [2.05, 4.69) is 20.9 Å². The number of ketones is 1. The molecular formula is C16H14BrNO4. The van der Waals surface area contributed by atoms with Gasteiger partial charge < -0.3 is 14.9 Å². The molecule has 0 spiro atoms. The van der Waals surface area contributed by atoms with Gasteiger partial charge in [-0.15, -0.1) is 0 Å². The van der Waals surface area contributed by atoms with E-state index in [9.17, 15) is 15.0 Å². The zero-order valence-electron chi connectivity index (χ0n) is 11.8. The number of phenols is 2. The molecule has 5 nitrogen and oxygen atoms in total. The van der Waals surface area contributed by atoms with Gasteiger partial charge >= 0.3 is 0 Å². The minimum atomic E-state index is -0.322. The second kappa shape index (κ2) is 7.09. The molecule has 0 unspecified atom stereocenters. The average Bonchev–Trinajstić information content (AvgIpc) is 2.51. The third kappa shape index (κ3) is 3.85. The molecule has 0 fully saturated rings. The Bertz CT molecular complexity index is 728. The van der Waals surface area contributed by atoms with Gasteiger partial charge in [0.1, 0.15) is 23.8 Å². The van der Waals surface area contributed by atoms with E-state index in [0.29, 0.717) is 15.8 Å². The van der Waals surface area contributed by atoms with Crippen molar-refractivity contribution in [1.29, 1.82) is 0 Å². The molecule has 2 aromatic rings. The van der Waals surface area contributed by atoms with Crippen molar-refractivity contribution in [1.82, 2.24) is 0 Å². The Balaban J connectivity index is 2.12. The number of aromatic hydroxyl groups is 2. The Labute approximate surface area is 136 Å². The number of carbonyl (C=O) groups is 1. The molecule has 0 saturated heterocycles. The second-order valence-corrected chi connectivity index (χ2v) is 5.39. The molecule has 6 heteroatoms. The lowest BCUT2D eigenvalue weighted by Crippen LogP contribution is -2.04. The summed E-state index contributed by atoms with van der Waals surface area (Å²) in [6.45, 7) is -0.138. The van der Waals surface area contributed by atoms with Crippen LogP contribution in [0.15, 0.2) is 45.9 Å². The number of halogens is 1. The first kappa shape index (κ1) is 16.0. The molecule has 2 aromatic carbocycles. The van der Waals surface area contributed by atoms with E-state index < -0.39 is 0 Å². The SMILES string of the molecule is COc1ccc(O)c(C=NCC(=O)c2cc(Br)ccc2O)c1. The molecule has 0 heterocycles. The van der Waals surface area contributed by atoms with Crippen molar-refractivity contribution in [3.63, 3.8) is 0 Å². The fourth-order valence-corrected chi connectivity index (χ4v) is 2.17. The summed E-state index contributed by atoms with van der Waals surface area (Å²) in [6, 6.07) is 9.34. The van der Waals surface area contributed by atoms with Gasteiger partial charge in [0.05, 0.1) is 12.7 Å². The van der Waals surface area contributed by atoms with Gasteiger partial charge in [-0.2, -0.15) is 0 Å². The monoisotopic (exact) mass is 363 g/mol. The summed E-state index contributed by atoms with van der Waals surface area (Å²) in [6.07, 6.45) is 1.39. The van der Waals surface area contributed by atoms with Crippen LogP contribution in [-0.4, -0.2) is 35.9 Å². The van der Waals surface area contributed by atoms with Crippen molar-refractivity contribution in [2.24, 2.45) is 4.99 Å². The lowest BCUT2D eigenvalue weighted by atomic mass is 10.1. The third-order valence-electron chi connectivity index (χ3n) is 2.96. The first-order valence-electron chi connectivity index (χ1n) is 6.40. The predicted octanol–water partition coefficient (Wildman–Crippen LogP) is 3.17. The molecule has 0 bridgehead atoms. The lowest BCUT2D eigenvalue weighted by Gasteiger charge is -2.04. The van der Waals surface area contributed by atoms with E-state index in [1.54, 1.807) is 18.2 Å². The van der Waals surface area contributed by atoms with Crippen LogP contribution in [-0.2, 0) is 0 Å². The number of methoxy groups -OCH3 is 1. The summed E-state index contributed by atoms with van der Waals surface area (Å²) in [5.74, 6) is 0.211. The van der Waals surface area contributed by atoms with E-state index in [4.69, 9.17) is 4.74 Å². The summed E-state index contributed by atoms with van der Waals surface area (Å²) < 4.78 is 5.75. The van der Waals surface area contributed by atoms with E-state index >= 15 is 0 Å². The van der Waals surface area contributed by atoms with Gasteiger partial charge in [-0.1, -0.05) is 15.9 Å². The Hall–Kier alpha value is -2.34. The standard InChI is InChI=1S/C16H14BrNO4/c1-22-12-3-5-14(19)10(6-12)8-18-9-16(21)13-7-11(17)2-4-15(13)20/h2-8,19-20H,9H2,1H3. The van der Waals surface area contributed by atoms with Crippen LogP contribution in [0, 0.1) is 0 Å². The maximum absolute atomic E-state index is 12.0. The first-order valence-corrected chi connectivity index (χ1v) is 7.19. The van der Waals surface area contributed by atoms with Crippen LogP contribution < -0.4 is 4.74 Å². The van der Waals surface area contributed by atoms with Crippen molar-refractivity contribution >= 4 is 27.9 Å². The van der Waals surface area contributed by atoms with E-state index in [1.165, 1.54) is 31.5 Å². The molecule has 22 heavy (non-hydrogen) atoms. The van der Waals surface area contributed by atoms with Crippen molar-refractivity contribution in [3.05, 3.63) is 52.0 Å². The van der Waals surface area contributed by atoms with Gasteiger partial charge in [0.25, 0.3) is 0 Å². The summed E-state index contributed by atoms with van der Waals surface area (Å²) in [5, 5.41) is 19.4. The Morgan fingerprint density at radius 2 is 1.95 bits per heavy atom. The highest BCUT2D eigenvalue weighted by molar-refractivity contribution is 9.10. The van der Waals surface area contributed by atoms with Gasteiger partial charge in [-0.3, -0.25) is 9.79 Å². The van der Waals surface area contributed by atoms with Gasteiger partial charge in [-0.25, -0.2) is 0 Å². The molecular weight excluding hydrogens is 350 g/mol. The topological polar surface area (TPSA) is 79.1 Å². The van der Waals surface area contributed by atoms with Crippen molar-refractivity contribution in [3.8, 4) is 17.2 Å². The predicted molar refractivity (Wildman–Crippen MR) is 87.3 cm³/mol. The Morgan fingerprint density at radius 3 is 2.68 bits per heavy atom. The van der Waals surface area contributed by atoms with Gasteiger partial charge in [-0.05, 0) is 36.4 Å². The molecule has 114 valence electrons. The van der Waals surface area contributed by atoms with E-state index in [1.807, 2.05) is 0 Å². The zero-order chi connectivity index (χ0) is 16.1. The summed E-state index contributed by atoms with van der Waals surface area (Å²) in [7, 11) is 1.52. The molecule has 0 aliphatic carbocycles. The maximum Gasteiger partial charge on any atom is 0.187 e. The molecule has 0 amide bonds. The minimum Gasteiger partial charge on any atom is -0.507 e. The quantitative estimate of drug-likeness (QED) is 0.631. The molecule has 0 saturated carbocycles. The highest BCUT2D eigenvalue weighted by atomic mass is 79.9. The highest BCUT2D eigenvalue weighted by Gasteiger charge is 2.10. The van der Waals surface area contributed by atoms with Crippen molar-refractivity contribution in [2.75, 3.05) is 13.7 Å². The molecule has 0 atom stereocenters. The number of aliphatic imine (C=N–C) groups is 1. The summed E-state index contributed by atoms with van der Waals surface area (Å²) in [5.41, 5.74) is 0.645. The number of hydrogen-bond acceptors (Lipinski definition) is 5. The number of Topliss-reactive ketones (excluding diaryl/α,β-unsaturated/α-hetero) is 1. The fourth-order valence-electron chi connectivity index (χ4n) is 1.81. The fraction of sp³-hybridized carbons (Fsp3) is 0.125. The normalized spacial score (nSPS) is 10.8. The highest BCUT2D eigenvalue weighted by Crippen LogP contribution is 2.23. The largest absolute Gasteiger partial charge is 0.507 e. The van der Waals surface area contributed by atoms with Gasteiger partial charge in [0.15, 0.2) is 5.78 Å². The average molecular weight is 364 g/mol. The van der Waals surface area contributed by atoms with E-state index in [-0.39, 0.29) is 29.4 Å². The number of nitrogens with zero attached hydrogens (tertiary/aromatic N) is 1. The number of phenolic OH excluding ortho intramolecular Hbond substituents is 2. The maximum atomic E-state index is 12.0. The second-order valence-electron chi connectivity index (χ2n) is 4.48. The number of hydrogen-bond donors (Lipinski definition) is 2. The van der Waals surface area contributed by atoms with Crippen molar-refractivity contribution in [2.45, 2.75) is 0 Å². The van der Waals surface area contributed by atoms with Crippen LogP contribution >= 0.6 is 15.9 Å². The van der Waals surface area contributed by atoms with Gasteiger partial charge in [0, 0.05) is 16.3 Å². The van der Waals surface area contributed by atoms with Crippen LogP contribution in [0.5, 0.6) is 17.2 Å². The van der Waals surface area contributed by atoms with Crippen LogP contribution in [0.4, 0.5) is 0 Å². The molecule has 0 aliphatic heterocycles. The van der Waals surface area contributed by atoms with Crippen LogP contribution in [0.25, 0.3) is 0 Å². The van der Waals surface area contributed by atoms with E-state index in [0.717, 1.165) is 0 Å². The van der Waals surface area contributed by atoms with Crippen molar-refractivity contribution < 1.29 is 19.7 Å². The number of ether oxygens (including phenoxy) is 1. The van der Waals surface area contributed by atoms with Crippen LogP contribution in [0.1, 0.15) is 15.9 Å². The molecule has 2 N–H and O–H groups in total. The van der Waals surface area contributed by atoms with Crippen LogP contribution in [0.2, 0.25) is 0 Å². The Kier molecular flexibility index (Phi) is 5.16. The minimum absolute atomic E-state index is 0.0438. The molecule has 0 radical (unpaired) electrons. The Morgan fingerprint density at radius 1 is 1.23 bits per heavy atom. The number of carbonyl (C=O) groups excluding carboxylic acids is 1. The summed E-state index contributed by atoms with van der Waals surface area (Å²) >= 11 is 3.25. The number of rotatable bonds is 5. The summed E-state index contributed by atoms with van der Waals surface area (Å²) in [4.78, 5) is 16.0. The smallest absolute Gasteiger partial charge is 0.187 e. The zero-order valence-corrected chi connectivity index (χ0v) is 13.4. The third-order valence-corrected chi connectivity index (χ3v) is 3.45. The lowest BCUT2D eigenvalue weighted by molar-refractivity contribution is 0.0999. The van der Waals surface area contributed by atoms with Gasteiger partial charge in [0.2, 0.25) is 0 Å². The van der Waals surface area contributed by atoms with Crippen LogP contribution in [0.3, 0.4) is 0 Å². The first-order chi connectivity index (χ1) is 10.5.